The van der Waals surface area contributed by atoms with E-state index in [1.165, 1.54) is 0 Å². The minimum absolute atomic E-state index is 0.0344. The Balaban J connectivity index is 2.11. The maximum Gasteiger partial charge on any atom is 0.335 e. The molecule has 1 aromatic carbocycles. The number of rotatable bonds is 1. The maximum atomic E-state index is 10.9. The van der Waals surface area contributed by atoms with Gasteiger partial charge in [-0.3, -0.25) is 4.99 Å². The molecule has 0 bridgehead atoms. The number of anilines is 1. The van der Waals surface area contributed by atoms with Crippen LogP contribution in [0.2, 0.25) is 0 Å². The molecule has 0 saturated heterocycles. The lowest BCUT2D eigenvalue weighted by Crippen LogP contribution is -2.13. The minimum atomic E-state index is -0.897. The van der Waals surface area contributed by atoms with Crippen LogP contribution in [-0.4, -0.2) is 23.5 Å². The Hall–Kier alpha value is -2.10. The first-order valence-corrected chi connectivity index (χ1v) is 5.11. The summed E-state index contributed by atoms with van der Waals surface area (Å²) in [4.78, 5) is 15.2. The number of fused-ring (bicyclic) bond motifs is 3. The highest BCUT2D eigenvalue weighted by atomic mass is 16.4. The summed E-state index contributed by atoms with van der Waals surface area (Å²) in [5.74, 6) is -0.897. The van der Waals surface area contributed by atoms with Crippen LogP contribution in [0.1, 0.15) is 22.3 Å². The second-order valence-electron chi connectivity index (χ2n) is 3.84. The molecule has 0 fully saturated rings. The number of benzene rings is 1. The zero-order valence-electron chi connectivity index (χ0n) is 8.47. The molecule has 0 spiro atoms. The molecule has 0 aliphatic carbocycles. The molecule has 0 aromatic heterocycles. The number of carboxylic acid groups (broad SMARTS) is 1. The van der Waals surface area contributed by atoms with Gasteiger partial charge in [0.05, 0.1) is 5.56 Å². The highest BCUT2D eigenvalue weighted by Gasteiger charge is 2.27. The van der Waals surface area contributed by atoms with Crippen molar-refractivity contribution in [3.8, 4) is 0 Å². The number of carbonyl (C=O) groups is 1. The van der Waals surface area contributed by atoms with Crippen molar-refractivity contribution in [1.82, 2.24) is 0 Å². The Bertz CT molecular complexity index is 532. The quantitative estimate of drug-likeness (QED) is 0.751. The largest absolute Gasteiger partial charge is 0.478 e. The Morgan fingerprint density at radius 2 is 2.38 bits per heavy atom. The summed E-state index contributed by atoms with van der Waals surface area (Å²) < 4.78 is 0. The fraction of sp³-hybridized carbons (Fsp3) is 0.167. The zero-order valence-corrected chi connectivity index (χ0v) is 8.47. The molecule has 0 amide bonds. The Labute approximate surface area is 92.3 Å². The van der Waals surface area contributed by atoms with Crippen molar-refractivity contribution in [1.29, 1.82) is 0 Å². The van der Waals surface area contributed by atoms with Crippen LogP contribution in [0.15, 0.2) is 29.3 Å². The molecule has 4 nitrogen and oxygen atoms in total. The van der Waals surface area contributed by atoms with Gasteiger partial charge in [-0.15, -0.1) is 0 Å². The molecule has 1 aromatic rings. The summed E-state index contributed by atoms with van der Waals surface area (Å²) in [7, 11) is 0. The molecule has 1 atom stereocenters. The van der Waals surface area contributed by atoms with Crippen molar-refractivity contribution >= 4 is 23.4 Å². The summed E-state index contributed by atoms with van der Waals surface area (Å²) in [5.41, 5.74) is 3.32. The average molecular weight is 214 g/mol. The van der Waals surface area contributed by atoms with Crippen molar-refractivity contribution in [3.05, 3.63) is 35.4 Å². The first kappa shape index (κ1) is 9.15. The van der Waals surface area contributed by atoms with E-state index in [2.05, 4.69) is 16.4 Å². The van der Waals surface area contributed by atoms with E-state index in [0.29, 0.717) is 5.56 Å². The third-order valence-corrected chi connectivity index (χ3v) is 2.86. The van der Waals surface area contributed by atoms with Gasteiger partial charge in [-0.05, 0) is 18.2 Å². The first-order valence-electron chi connectivity index (χ1n) is 5.11. The van der Waals surface area contributed by atoms with Gasteiger partial charge in [0.15, 0.2) is 0 Å². The van der Waals surface area contributed by atoms with E-state index in [-0.39, 0.29) is 6.17 Å². The lowest BCUT2D eigenvalue weighted by molar-refractivity contribution is 0.0697. The van der Waals surface area contributed by atoms with Crippen LogP contribution in [0, 0.1) is 0 Å². The van der Waals surface area contributed by atoms with E-state index in [4.69, 9.17) is 5.11 Å². The van der Waals surface area contributed by atoms with E-state index < -0.39 is 5.97 Å². The van der Waals surface area contributed by atoms with Crippen LogP contribution in [0.25, 0.3) is 5.57 Å². The van der Waals surface area contributed by atoms with Crippen molar-refractivity contribution in [2.75, 3.05) is 5.32 Å². The second kappa shape index (κ2) is 3.20. The molecular formula is C12H10N2O2. The van der Waals surface area contributed by atoms with E-state index in [1.807, 2.05) is 6.21 Å². The predicted octanol–water partition coefficient (Wildman–Crippen LogP) is 1.99. The summed E-state index contributed by atoms with van der Waals surface area (Å²) in [6, 6.07) is 5.11. The number of nitrogens with zero attached hydrogens (tertiary/aromatic N) is 1. The van der Waals surface area contributed by atoms with Crippen LogP contribution < -0.4 is 5.32 Å². The van der Waals surface area contributed by atoms with Gasteiger partial charge in [0.2, 0.25) is 0 Å². The number of hydrogen-bond donors (Lipinski definition) is 2. The van der Waals surface area contributed by atoms with Crippen LogP contribution in [0.4, 0.5) is 5.69 Å². The molecule has 2 heterocycles. The number of hydrogen-bond acceptors (Lipinski definition) is 3. The zero-order chi connectivity index (χ0) is 11.1. The monoisotopic (exact) mass is 214 g/mol. The predicted molar refractivity (Wildman–Crippen MR) is 61.9 cm³/mol. The second-order valence-corrected chi connectivity index (χ2v) is 3.84. The molecule has 2 aliphatic rings. The summed E-state index contributed by atoms with van der Waals surface area (Å²) >= 11 is 0. The number of dihydropyridines is 1. The van der Waals surface area contributed by atoms with Gasteiger partial charge in [-0.2, -0.15) is 0 Å². The molecule has 80 valence electrons. The van der Waals surface area contributed by atoms with E-state index in [1.54, 1.807) is 18.2 Å². The number of allylic oxidation sites excluding steroid dienone is 1. The van der Waals surface area contributed by atoms with E-state index in [9.17, 15) is 4.79 Å². The third-order valence-electron chi connectivity index (χ3n) is 2.86. The van der Waals surface area contributed by atoms with Gasteiger partial charge in [0.1, 0.15) is 6.17 Å². The molecule has 2 aliphatic heterocycles. The first-order chi connectivity index (χ1) is 7.75. The average Bonchev–Trinajstić information content (AvgIpc) is 2.66. The van der Waals surface area contributed by atoms with Crippen LogP contribution in [0.5, 0.6) is 0 Å². The summed E-state index contributed by atoms with van der Waals surface area (Å²) in [6.07, 6.45) is 4.73. The van der Waals surface area contributed by atoms with Gasteiger partial charge in [-0.1, -0.05) is 6.08 Å². The number of aliphatic imine (C=N–C) groups is 1. The van der Waals surface area contributed by atoms with Gasteiger partial charge in [0, 0.05) is 29.5 Å². The number of carboxylic acids is 1. The number of nitrogens with one attached hydrogen (secondary N) is 1. The van der Waals surface area contributed by atoms with Crippen molar-refractivity contribution < 1.29 is 9.90 Å². The molecule has 16 heavy (non-hydrogen) atoms. The molecular weight excluding hydrogens is 204 g/mol. The van der Waals surface area contributed by atoms with E-state index in [0.717, 1.165) is 23.2 Å². The standard InChI is InChI=1S/C12H10N2O2/c15-12(16)7-3-4-10-9(6-7)8-2-1-5-13-11(8)14-10/h2-6,11,14H,1H2,(H,15,16). The van der Waals surface area contributed by atoms with Crippen LogP contribution >= 0.6 is 0 Å². The van der Waals surface area contributed by atoms with Crippen molar-refractivity contribution in [2.45, 2.75) is 12.6 Å². The molecule has 3 rings (SSSR count). The fourth-order valence-electron chi connectivity index (χ4n) is 2.10. The lowest BCUT2D eigenvalue weighted by Gasteiger charge is -2.10. The maximum absolute atomic E-state index is 10.9. The number of aromatic carboxylic acids is 1. The Morgan fingerprint density at radius 3 is 3.19 bits per heavy atom. The molecule has 0 radical (unpaired) electrons. The SMILES string of the molecule is O=C(O)c1ccc2c(c1)C1=CCC=NC1N2. The van der Waals surface area contributed by atoms with Crippen LogP contribution in [-0.2, 0) is 0 Å². The molecule has 0 saturated carbocycles. The topological polar surface area (TPSA) is 61.7 Å². The molecule has 4 heteroatoms. The van der Waals surface area contributed by atoms with E-state index >= 15 is 0 Å². The molecule has 2 N–H and O–H groups in total. The normalized spacial score (nSPS) is 20.8. The van der Waals surface area contributed by atoms with Gasteiger partial charge < -0.3 is 10.4 Å². The third kappa shape index (κ3) is 1.23. The summed E-state index contributed by atoms with van der Waals surface area (Å²) in [6.45, 7) is 0. The van der Waals surface area contributed by atoms with Crippen LogP contribution in [0.3, 0.4) is 0 Å². The lowest BCUT2D eigenvalue weighted by atomic mass is 10.0. The Kier molecular flexibility index (Phi) is 1.83. The van der Waals surface area contributed by atoms with Crippen molar-refractivity contribution in [2.24, 2.45) is 4.99 Å². The van der Waals surface area contributed by atoms with Gasteiger partial charge in [0.25, 0.3) is 0 Å². The fourth-order valence-corrected chi connectivity index (χ4v) is 2.10. The Morgan fingerprint density at radius 1 is 1.50 bits per heavy atom. The minimum Gasteiger partial charge on any atom is -0.478 e. The highest BCUT2D eigenvalue weighted by Crippen LogP contribution is 2.37. The molecule has 1 unspecified atom stereocenters. The highest BCUT2D eigenvalue weighted by molar-refractivity contribution is 5.95. The van der Waals surface area contributed by atoms with Gasteiger partial charge in [-0.25, -0.2) is 4.79 Å². The summed E-state index contributed by atoms with van der Waals surface area (Å²) in [5, 5.41) is 12.2. The smallest absolute Gasteiger partial charge is 0.335 e. The van der Waals surface area contributed by atoms with Gasteiger partial charge >= 0.3 is 5.97 Å². The van der Waals surface area contributed by atoms with Crippen molar-refractivity contribution in [3.63, 3.8) is 0 Å².